The first kappa shape index (κ1) is 13.0. The van der Waals surface area contributed by atoms with Crippen LogP contribution in [0, 0.1) is 0 Å². The van der Waals surface area contributed by atoms with Gasteiger partial charge in [-0.2, -0.15) is 0 Å². The van der Waals surface area contributed by atoms with Crippen LogP contribution in [0.1, 0.15) is 17.2 Å². The van der Waals surface area contributed by atoms with Crippen molar-refractivity contribution in [3.05, 3.63) is 75.8 Å². The molecule has 1 nitrogen and oxygen atoms in total. The Bertz CT molecular complexity index is 801. The Balaban J connectivity index is 1.81. The highest BCUT2D eigenvalue weighted by Crippen LogP contribution is 2.38. The van der Waals surface area contributed by atoms with E-state index in [0.29, 0.717) is 10.0 Å². The molecule has 0 saturated heterocycles. The van der Waals surface area contributed by atoms with Crippen LogP contribution >= 0.6 is 23.2 Å². The van der Waals surface area contributed by atoms with Crippen LogP contribution in [0.15, 0.2) is 54.6 Å². The molecule has 0 saturated carbocycles. The average molecular weight is 314 g/mol. The van der Waals surface area contributed by atoms with Crippen molar-refractivity contribution in [1.29, 1.82) is 0 Å². The highest BCUT2D eigenvalue weighted by Gasteiger charge is 2.21. The summed E-state index contributed by atoms with van der Waals surface area (Å²) in [5, 5.41) is 7.44. The second-order valence-electron chi connectivity index (χ2n) is 5.40. The zero-order chi connectivity index (χ0) is 14.4. The number of hydrogen-bond donors (Lipinski definition) is 1. The molecule has 0 spiro atoms. The SMILES string of the molecule is Clc1ccc(C2Cc3cccc4cccc(c34)N2)cc1Cl. The van der Waals surface area contributed by atoms with Gasteiger partial charge in [-0.05, 0) is 41.1 Å². The molecule has 1 aliphatic heterocycles. The lowest BCUT2D eigenvalue weighted by Crippen LogP contribution is -2.18. The molecular weight excluding hydrogens is 301 g/mol. The molecule has 4 rings (SSSR count). The molecule has 0 aromatic heterocycles. The van der Waals surface area contributed by atoms with Gasteiger partial charge in [-0.3, -0.25) is 0 Å². The highest BCUT2D eigenvalue weighted by atomic mass is 35.5. The van der Waals surface area contributed by atoms with E-state index in [1.165, 1.54) is 22.0 Å². The Labute approximate surface area is 133 Å². The summed E-state index contributed by atoms with van der Waals surface area (Å²) >= 11 is 12.2. The Morgan fingerprint density at radius 3 is 2.52 bits per heavy atom. The van der Waals surface area contributed by atoms with Gasteiger partial charge in [0.15, 0.2) is 0 Å². The predicted octanol–water partition coefficient (Wildman–Crippen LogP) is 5.86. The minimum Gasteiger partial charge on any atom is -0.377 e. The monoisotopic (exact) mass is 313 g/mol. The third-order valence-corrected chi connectivity index (χ3v) is 4.83. The standard InChI is InChI=1S/C18H13Cl2N/c19-14-8-7-12(9-15(14)20)17-10-13-5-1-3-11-4-2-6-16(21-17)18(11)13/h1-9,17,21H,10H2. The van der Waals surface area contributed by atoms with E-state index in [9.17, 15) is 0 Å². The number of hydrogen-bond acceptors (Lipinski definition) is 1. The lowest BCUT2D eigenvalue weighted by Gasteiger charge is -2.28. The summed E-state index contributed by atoms with van der Waals surface area (Å²) in [6.07, 6.45) is 0.951. The van der Waals surface area contributed by atoms with Crippen LogP contribution in [0.2, 0.25) is 10.0 Å². The van der Waals surface area contributed by atoms with Gasteiger partial charge in [0.1, 0.15) is 0 Å². The van der Waals surface area contributed by atoms with Crippen LogP contribution in [-0.2, 0) is 6.42 Å². The van der Waals surface area contributed by atoms with Gasteiger partial charge < -0.3 is 5.32 Å². The molecule has 1 heterocycles. The molecule has 3 aromatic rings. The summed E-state index contributed by atoms with van der Waals surface area (Å²) in [5.41, 5.74) is 3.72. The van der Waals surface area contributed by atoms with E-state index in [1.807, 2.05) is 18.2 Å². The van der Waals surface area contributed by atoms with Crippen molar-refractivity contribution >= 4 is 39.7 Å². The number of nitrogens with one attached hydrogen (secondary N) is 1. The number of benzene rings is 3. The molecule has 0 amide bonds. The molecule has 1 aliphatic rings. The van der Waals surface area contributed by atoms with Gasteiger partial charge in [-0.1, -0.05) is 59.6 Å². The second kappa shape index (κ2) is 4.94. The van der Waals surface area contributed by atoms with Gasteiger partial charge in [-0.25, -0.2) is 0 Å². The number of anilines is 1. The minimum atomic E-state index is 0.222. The average Bonchev–Trinajstić information content (AvgIpc) is 2.50. The van der Waals surface area contributed by atoms with E-state index in [2.05, 4.69) is 41.7 Å². The summed E-state index contributed by atoms with van der Waals surface area (Å²) in [6, 6.07) is 18.9. The first-order valence-electron chi connectivity index (χ1n) is 6.94. The van der Waals surface area contributed by atoms with Crippen molar-refractivity contribution < 1.29 is 0 Å². The Hall–Kier alpha value is -1.70. The predicted molar refractivity (Wildman–Crippen MR) is 90.5 cm³/mol. The van der Waals surface area contributed by atoms with Crippen LogP contribution < -0.4 is 5.32 Å². The molecule has 3 heteroatoms. The van der Waals surface area contributed by atoms with Gasteiger partial charge in [0, 0.05) is 11.1 Å². The van der Waals surface area contributed by atoms with Gasteiger partial charge in [0.2, 0.25) is 0 Å². The molecule has 21 heavy (non-hydrogen) atoms. The zero-order valence-electron chi connectivity index (χ0n) is 11.2. The third-order valence-electron chi connectivity index (χ3n) is 4.09. The first-order chi connectivity index (χ1) is 10.2. The Morgan fingerprint density at radius 2 is 1.71 bits per heavy atom. The molecule has 1 N–H and O–H groups in total. The maximum Gasteiger partial charge on any atom is 0.0595 e. The topological polar surface area (TPSA) is 12.0 Å². The molecule has 0 radical (unpaired) electrons. The lowest BCUT2D eigenvalue weighted by atomic mass is 9.90. The number of halogens is 2. The quantitative estimate of drug-likeness (QED) is 0.593. The van der Waals surface area contributed by atoms with Crippen LogP contribution in [0.3, 0.4) is 0 Å². The van der Waals surface area contributed by atoms with Crippen molar-refractivity contribution in [2.24, 2.45) is 0 Å². The van der Waals surface area contributed by atoms with Crippen LogP contribution in [0.4, 0.5) is 5.69 Å². The molecular formula is C18H13Cl2N. The van der Waals surface area contributed by atoms with Crippen LogP contribution in [0.25, 0.3) is 10.8 Å². The fourth-order valence-corrected chi connectivity index (χ4v) is 3.40. The van der Waals surface area contributed by atoms with Gasteiger partial charge in [0.25, 0.3) is 0 Å². The maximum atomic E-state index is 6.15. The normalized spacial score (nSPS) is 16.8. The molecule has 3 aromatic carbocycles. The van der Waals surface area contributed by atoms with E-state index in [4.69, 9.17) is 23.2 Å². The van der Waals surface area contributed by atoms with Crippen molar-refractivity contribution in [2.45, 2.75) is 12.5 Å². The molecule has 1 unspecified atom stereocenters. The van der Waals surface area contributed by atoms with E-state index in [0.717, 1.165) is 12.0 Å². The van der Waals surface area contributed by atoms with Crippen molar-refractivity contribution in [3.63, 3.8) is 0 Å². The number of rotatable bonds is 1. The highest BCUT2D eigenvalue weighted by molar-refractivity contribution is 6.42. The van der Waals surface area contributed by atoms with Gasteiger partial charge >= 0.3 is 0 Å². The first-order valence-corrected chi connectivity index (χ1v) is 7.70. The molecule has 0 aliphatic carbocycles. The summed E-state index contributed by atoms with van der Waals surface area (Å²) in [4.78, 5) is 0. The van der Waals surface area contributed by atoms with Crippen molar-refractivity contribution in [2.75, 3.05) is 5.32 Å². The fourth-order valence-electron chi connectivity index (χ4n) is 3.10. The smallest absolute Gasteiger partial charge is 0.0595 e. The lowest BCUT2D eigenvalue weighted by molar-refractivity contribution is 0.770. The summed E-state index contributed by atoms with van der Waals surface area (Å²) in [5.74, 6) is 0. The fraction of sp³-hybridized carbons (Fsp3) is 0.111. The molecule has 1 atom stereocenters. The molecule has 0 fully saturated rings. The summed E-state index contributed by atoms with van der Waals surface area (Å²) < 4.78 is 0. The minimum absolute atomic E-state index is 0.222. The van der Waals surface area contributed by atoms with Crippen LogP contribution in [0.5, 0.6) is 0 Å². The van der Waals surface area contributed by atoms with Gasteiger partial charge in [0.05, 0.1) is 16.1 Å². The molecule has 0 bridgehead atoms. The zero-order valence-corrected chi connectivity index (χ0v) is 12.7. The second-order valence-corrected chi connectivity index (χ2v) is 6.21. The summed E-state index contributed by atoms with van der Waals surface area (Å²) in [6.45, 7) is 0. The van der Waals surface area contributed by atoms with E-state index < -0.39 is 0 Å². The van der Waals surface area contributed by atoms with Crippen LogP contribution in [-0.4, -0.2) is 0 Å². The maximum absolute atomic E-state index is 6.15. The van der Waals surface area contributed by atoms with E-state index in [1.54, 1.807) is 0 Å². The van der Waals surface area contributed by atoms with Crippen molar-refractivity contribution in [1.82, 2.24) is 0 Å². The van der Waals surface area contributed by atoms with E-state index >= 15 is 0 Å². The Kier molecular flexibility index (Phi) is 3.06. The van der Waals surface area contributed by atoms with Gasteiger partial charge in [-0.15, -0.1) is 0 Å². The van der Waals surface area contributed by atoms with E-state index in [-0.39, 0.29) is 6.04 Å². The van der Waals surface area contributed by atoms with Crippen molar-refractivity contribution in [3.8, 4) is 0 Å². The largest absolute Gasteiger partial charge is 0.377 e. The molecule has 104 valence electrons. The Morgan fingerprint density at radius 1 is 0.905 bits per heavy atom. The third kappa shape index (κ3) is 2.17. The summed E-state index contributed by atoms with van der Waals surface area (Å²) in [7, 11) is 0.